The van der Waals surface area contributed by atoms with Crippen LogP contribution in [0.1, 0.15) is 110 Å². The van der Waals surface area contributed by atoms with Gasteiger partial charge in [-0.05, 0) is 19.3 Å². The van der Waals surface area contributed by atoms with Crippen molar-refractivity contribution in [1.82, 2.24) is 0 Å². The van der Waals surface area contributed by atoms with Crippen LogP contribution in [0.15, 0.2) is 0 Å². The zero-order valence-electron chi connectivity index (χ0n) is 14.7. The Labute approximate surface area is 137 Å². The molecule has 132 valence electrons. The first-order valence-corrected chi connectivity index (χ1v) is 9.56. The molecular formula is C19H38O3. The fraction of sp³-hybridized carbons (Fsp3) is 0.947. The lowest BCUT2D eigenvalue weighted by Gasteiger charge is -2.10. The second-order valence-corrected chi connectivity index (χ2v) is 6.62. The maximum absolute atomic E-state index is 10.4. The number of hydrogen-bond donors (Lipinski definition) is 2. The second kappa shape index (κ2) is 16.8. The van der Waals surface area contributed by atoms with Crippen molar-refractivity contribution in [3.8, 4) is 0 Å². The minimum absolute atomic E-state index is 0.0777. The topological polar surface area (TPSA) is 57.5 Å². The quantitative estimate of drug-likeness (QED) is 0.339. The third-order valence-corrected chi connectivity index (χ3v) is 4.32. The molecule has 3 heteroatoms. The Hall–Kier alpha value is -0.570. The molecule has 0 aromatic carbocycles. The molecule has 0 aliphatic heterocycles. The highest BCUT2D eigenvalue weighted by atomic mass is 16.4. The number of carboxylic acids is 1. The van der Waals surface area contributed by atoms with Crippen molar-refractivity contribution in [1.29, 1.82) is 0 Å². The predicted octanol–water partition coefficient (Wildman–Crippen LogP) is 5.69. The largest absolute Gasteiger partial charge is 0.481 e. The van der Waals surface area contributed by atoms with E-state index < -0.39 is 5.97 Å². The van der Waals surface area contributed by atoms with Gasteiger partial charge in [0.1, 0.15) is 0 Å². The van der Waals surface area contributed by atoms with Crippen LogP contribution in [0.5, 0.6) is 0 Å². The number of rotatable bonds is 17. The van der Waals surface area contributed by atoms with Crippen molar-refractivity contribution in [2.75, 3.05) is 0 Å². The number of unbranched alkanes of at least 4 members (excludes halogenated alkanes) is 11. The number of aliphatic hydroxyl groups excluding tert-OH is 1. The lowest BCUT2D eigenvalue weighted by Crippen LogP contribution is -2.05. The normalized spacial score (nSPS) is 12.5. The summed E-state index contributed by atoms with van der Waals surface area (Å²) in [6, 6.07) is 0. The van der Waals surface area contributed by atoms with E-state index in [-0.39, 0.29) is 6.10 Å². The average molecular weight is 315 g/mol. The van der Waals surface area contributed by atoms with Crippen molar-refractivity contribution in [2.24, 2.45) is 0 Å². The molecule has 0 fully saturated rings. The molecule has 0 bridgehead atoms. The van der Waals surface area contributed by atoms with Crippen molar-refractivity contribution < 1.29 is 15.0 Å². The molecule has 22 heavy (non-hydrogen) atoms. The van der Waals surface area contributed by atoms with Crippen LogP contribution in [0.4, 0.5) is 0 Å². The summed E-state index contributed by atoms with van der Waals surface area (Å²) in [7, 11) is 0. The van der Waals surface area contributed by atoms with Gasteiger partial charge in [0.2, 0.25) is 0 Å². The van der Waals surface area contributed by atoms with E-state index >= 15 is 0 Å². The van der Waals surface area contributed by atoms with Crippen LogP contribution in [-0.4, -0.2) is 22.3 Å². The summed E-state index contributed by atoms with van der Waals surface area (Å²) in [5, 5.41) is 18.4. The third-order valence-electron chi connectivity index (χ3n) is 4.32. The first-order chi connectivity index (χ1) is 10.7. The SMILES string of the molecule is CCCCCCC(O)CCCCCCCCCCCC(=O)O. The Morgan fingerprint density at radius 1 is 0.727 bits per heavy atom. The summed E-state index contributed by atoms with van der Waals surface area (Å²) in [5.74, 6) is -0.674. The van der Waals surface area contributed by atoms with Crippen LogP contribution in [-0.2, 0) is 4.79 Å². The van der Waals surface area contributed by atoms with Gasteiger partial charge in [0.25, 0.3) is 0 Å². The van der Waals surface area contributed by atoms with Gasteiger partial charge in [-0.3, -0.25) is 4.79 Å². The van der Waals surface area contributed by atoms with E-state index in [9.17, 15) is 9.90 Å². The van der Waals surface area contributed by atoms with E-state index in [0.29, 0.717) is 6.42 Å². The Morgan fingerprint density at radius 2 is 1.14 bits per heavy atom. The van der Waals surface area contributed by atoms with Crippen molar-refractivity contribution in [2.45, 2.75) is 116 Å². The van der Waals surface area contributed by atoms with Gasteiger partial charge in [-0.25, -0.2) is 0 Å². The second-order valence-electron chi connectivity index (χ2n) is 6.62. The molecule has 0 aliphatic carbocycles. The summed E-state index contributed by atoms with van der Waals surface area (Å²) in [6.07, 6.45) is 17.7. The van der Waals surface area contributed by atoms with Crippen LogP contribution >= 0.6 is 0 Å². The molecule has 3 nitrogen and oxygen atoms in total. The van der Waals surface area contributed by atoms with Crippen molar-refractivity contribution in [3.63, 3.8) is 0 Å². The minimum Gasteiger partial charge on any atom is -0.481 e. The summed E-state index contributed by atoms with van der Waals surface area (Å²) in [5.41, 5.74) is 0. The summed E-state index contributed by atoms with van der Waals surface area (Å²) < 4.78 is 0. The lowest BCUT2D eigenvalue weighted by molar-refractivity contribution is -0.137. The molecule has 0 spiro atoms. The molecule has 0 radical (unpaired) electrons. The third kappa shape index (κ3) is 17.5. The lowest BCUT2D eigenvalue weighted by atomic mass is 10.0. The van der Waals surface area contributed by atoms with Crippen LogP contribution in [0.25, 0.3) is 0 Å². The zero-order valence-corrected chi connectivity index (χ0v) is 14.7. The van der Waals surface area contributed by atoms with Crippen molar-refractivity contribution >= 4 is 5.97 Å². The van der Waals surface area contributed by atoms with Gasteiger partial charge in [0, 0.05) is 6.42 Å². The molecule has 0 saturated carbocycles. The fourth-order valence-corrected chi connectivity index (χ4v) is 2.84. The van der Waals surface area contributed by atoms with Gasteiger partial charge in [0.15, 0.2) is 0 Å². The maximum atomic E-state index is 10.4. The Morgan fingerprint density at radius 3 is 1.59 bits per heavy atom. The van der Waals surface area contributed by atoms with E-state index in [1.54, 1.807) is 0 Å². The van der Waals surface area contributed by atoms with Crippen LogP contribution in [0.2, 0.25) is 0 Å². The molecule has 0 aliphatic rings. The maximum Gasteiger partial charge on any atom is 0.303 e. The molecule has 0 aromatic heterocycles. The standard InChI is InChI=1S/C19H38O3/c1-2-3-4-12-15-18(20)16-13-10-8-6-5-7-9-11-14-17-19(21)22/h18,20H,2-17H2,1H3,(H,21,22). The molecule has 1 atom stereocenters. The van der Waals surface area contributed by atoms with Crippen LogP contribution < -0.4 is 0 Å². The van der Waals surface area contributed by atoms with Gasteiger partial charge in [-0.15, -0.1) is 0 Å². The highest BCUT2D eigenvalue weighted by Crippen LogP contribution is 2.14. The average Bonchev–Trinajstić information content (AvgIpc) is 2.49. The van der Waals surface area contributed by atoms with Gasteiger partial charge in [-0.1, -0.05) is 84.0 Å². The molecule has 0 saturated heterocycles. The number of carbonyl (C=O) groups is 1. The van der Waals surface area contributed by atoms with Gasteiger partial charge in [0.05, 0.1) is 6.10 Å². The molecule has 1 unspecified atom stereocenters. The first-order valence-electron chi connectivity index (χ1n) is 9.56. The predicted molar refractivity (Wildman–Crippen MR) is 93.2 cm³/mol. The highest BCUT2D eigenvalue weighted by Gasteiger charge is 2.03. The minimum atomic E-state index is -0.674. The van der Waals surface area contributed by atoms with Crippen LogP contribution in [0.3, 0.4) is 0 Å². The van der Waals surface area contributed by atoms with Crippen molar-refractivity contribution in [3.05, 3.63) is 0 Å². The Bertz CT molecular complexity index is 241. The summed E-state index contributed by atoms with van der Waals surface area (Å²) in [6.45, 7) is 2.21. The summed E-state index contributed by atoms with van der Waals surface area (Å²) in [4.78, 5) is 10.4. The Kier molecular flexibility index (Phi) is 16.4. The van der Waals surface area contributed by atoms with E-state index in [2.05, 4.69) is 6.92 Å². The number of aliphatic carboxylic acids is 1. The van der Waals surface area contributed by atoms with E-state index in [1.165, 1.54) is 64.2 Å². The van der Waals surface area contributed by atoms with E-state index in [1.807, 2.05) is 0 Å². The molecule has 0 aromatic rings. The van der Waals surface area contributed by atoms with E-state index in [4.69, 9.17) is 5.11 Å². The molecule has 2 N–H and O–H groups in total. The Balaban J connectivity index is 3.11. The van der Waals surface area contributed by atoms with Gasteiger partial charge >= 0.3 is 5.97 Å². The monoisotopic (exact) mass is 314 g/mol. The molecule has 0 heterocycles. The number of carboxylic acid groups (broad SMARTS) is 1. The van der Waals surface area contributed by atoms with Crippen LogP contribution in [0, 0.1) is 0 Å². The highest BCUT2D eigenvalue weighted by molar-refractivity contribution is 5.66. The first kappa shape index (κ1) is 21.4. The number of aliphatic hydroxyl groups is 1. The van der Waals surface area contributed by atoms with Gasteiger partial charge < -0.3 is 10.2 Å². The fourth-order valence-electron chi connectivity index (χ4n) is 2.84. The van der Waals surface area contributed by atoms with E-state index in [0.717, 1.165) is 32.1 Å². The summed E-state index contributed by atoms with van der Waals surface area (Å²) >= 11 is 0. The smallest absolute Gasteiger partial charge is 0.303 e. The zero-order chi connectivity index (χ0) is 16.5. The molecule has 0 rings (SSSR count). The number of hydrogen-bond acceptors (Lipinski definition) is 2. The molecular weight excluding hydrogens is 276 g/mol. The van der Waals surface area contributed by atoms with Gasteiger partial charge in [-0.2, -0.15) is 0 Å². The molecule has 0 amide bonds.